The maximum absolute atomic E-state index is 13.4. The summed E-state index contributed by atoms with van der Waals surface area (Å²) in [6, 6.07) is 10.5. The second kappa shape index (κ2) is 10.2. The Morgan fingerprint density at radius 1 is 1.16 bits per heavy atom. The van der Waals surface area contributed by atoms with Gasteiger partial charge in [-0.15, -0.1) is 0 Å². The maximum atomic E-state index is 13.4. The van der Waals surface area contributed by atoms with Gasteiger partial charge in [0.2, 0.25) is 15.9 Å². The summed E-state index contributed by atoms with van der Waals surface area (Å²) in [6.07, 6.45) is 0.943. The number of benzene rings is 2. The summed E-state index contributed by atoms with van der Waals surface area (Å²) in [4.78, 5) is 14.4. The molecule has 1 aliphatic heterocycles. The van der Waals surface area contributed by atoms with Gasteiger partial charge in [-0.25, -0.2) is 17.2 Å². The van der Waals surface area contributed by atoms with Crippen LogP contribution < -0.4 is 10.0 Å². The van der Waals surface area contributed by atoms with E-state index in [1.54, 1.807) is 30.3 Å². The van der Waals surface area contributed by atoms with Gasteiger partial charge in [0.25, 0.3) is 0 Å². The van der Waals surface area contributed by atoms with E-state index < -0.39 is 21.7 Å². The van der Waals surface area contributed by atoms with Crippen molar-refractivity contribution >= 4 is 21.6 Å². The molecular weight excluding hydrogens is 428 g/mol. The molecule has 1 atom stereocenters. The maximum Gasteiger partial charge on any atom is 0.229 e. The number of hydrogen-bond acceptors (Lipinski definition) is 5. The highest BCUT2D eigenvalue weighted by atomic mass is 32.2. The van der Waals surface area contributed by atoms with Crippen LogP contribution in [0.25, 0.3) is 0 Å². The van der Waals surface area contributed by atoms with Crippen molar-refractivity contribution < 1.29 is 26.7 Å². The number of sulfonamides is 1. The number of nitrogens with one attached hydrogen (secondary N) is 2. The molecule has 10 heteroatoms. The second-order valence-electron chi connectivity index (χ2n) is 7.53. The first-order chi connectivity index (χ1) is 14.7. The van der Waals surface area contributed by atoms with Crippen LogP contribution in [0.3, 0.4) is 0 Å². The average molecular weight is 454 g/mol. The van der Waals surface area contributed by atoms with E-state index >= 15 is 0 Å². The average Bonchev–Trinajstić information content (AvgIpc) is 2.69. The van der Waals surface area contributed by atoms with Crippen LogP contribution in [0.5, 0.6) is 0 Å². The molecule has 31 heavy (non-hydrogen) atoms. The van der Waals surface area contributed by atoms with Crippen LogP contribution in [0.1, 0.15) is 11.1 Å². The summed E-state index contributed by atoms with van der Waals surface area (Å²) >= 11 is 0. The van der Waals surface area contributed by atoms with Crippen LogP contribution in [-0.2, 0) is 32.5 Å². The highest BCUT2D eigenvalue weighted by Gasteiger charge is 2.21. The van der Waals surface area contributed by atoms with Crippen molar-refractivity contribution in [2.24, 2.45) is 0 Å². The molecule has 0 saturated carbocycles. The van der Waals surface area contributed by atoms with Gasteiger partial charge >= 0.3 is 0 Å². The Hall–Kier alpha value is -2.56. The minimum Gasteiger partial charge on any atom is -0.374 e. The molecule has 1 saturated heterocycles. The zero-order valence-electron chi connectivity index (χ0n) is 17.1. The predicted molar refractivity (Wildman–Crippen MR) is 113 cm³/mol. The van der Waals surface area contributed by atoms with Crippen molar-refractivity contribution in [2.75, 3.05) is 37.2 Å². The zero-order chi connectivity index (χ0) is 22.4. The first-order valence-corrected chi connectivity index (χ1v) is 11.7. The van der Waals surface area contributed by atoms with Crippen LogP contribution in [0.4, 0.5) is 14.5 Å². The van der Waals surface area contributed by atoms with Crippen LogP contribution in [0.2, 0.25) is 0 Å². The Bertz CT molecular complexity index is 1030. The van der Waals surface area contributed by atoms with Gasteiger partial charge in [0.15, 0.2) is 11.6 Å². The molecule has 2 N–H and O–H groups in total. The Balaban J connectivity index is 1.47. The lowest BCUT2D eigenvalue weighted by Gasteiger charge is -2.33. The number of carbonyl (C=O) groups excluding carboxylic acids is 1. The van der Waals surface area contributed by atoms with Gasteiger partial charge in [-0.2, -0.15) is 0 Å². The quantitative estimate of drug-likeness (QED) is 0.638. The lowest BCUT2D eigenvalue weighted by Crippen LogP contribution is -2.47. The number of amides is 1. The van der Waals surface area contributed by atoms with Gasteiger partial charge < -0.3 is 10.1 Å². The Kier molecular flexibility index (Phi) is 7.58. The van der Waals surface area contributed by atoms with E-state index in [2.05, 4.69) is 14.9 Å². The fraction of sp³-hybridized carbons (Fsp3) is 0.381. The van der Waals surface area contributed by atoms with Gasteiger partial charge in [0, 0.05) is 31.9 Å². The zero-order valence-corrected chi connectivity index (χ0v) is 17.9. The third kappa shape index (κ3) is 7.57. The van der Waals surface area contributed by atoms with Gasteiger partial charge in [-0.05, 0) is 35.4 Å². The van der Waals surface area contributed by atoms with E-state index in [0.717, 1.165) is 12.3 Å². The Morgan fingerprint density at radius 2 is 1.97 bits per heavy atom. The third-order valence-corrected chi connectivity index (χ3v) is 5.34. The van der Waals surface area contributed by atoms with E-state index in [9.17, 15) is 22.0 Å². The molecule has 1 heterocycles. The Labute approximate surface area is 180 Å². The molecule has 0 aliphatic carbocycles. The first-order valence-electron chi connectivity index (χ1n) is 9.79. The molecule has 2 aromatic rings. The summed E-state index contributed by atoms with van der Waals surface area (Å²) in [5.74, 6) is -1.95. The highest BCUT2D eigenvalue weighted by molar-refractivity contribution is 7.92. The van der Waals surface area contributed by atoms with Gasteiger partial charge in [0.05, 0.1) is 25.4 Å². The summed E-state index contributed by atoms with van der Waals surface area (Å²) < 4.78 is 57.3. The van der Waals surface area contributed by atoms with Gasteiger partial charge in [-0.1, -0.05) is 18.2 Å². The van der Waals surface area contributed by atoms with Gasteiger partial charge in [-0.3, -0.25) is 14.4 Å². The van der Waals surface area contributed by atoms with E-state index in [-0.39, 0.29) is 18.4 Å². The van der Waals surface area contributed by atoms with Crippen molar-refractivity contribution in [3.63, 3.8) is 0 Å². The number of rotatable bonds is 8. The fourth-order valence-electron chi connectivity index (χ4n) is 3.38. The molecule has 1 aliphatic rings. The molecule has 1 amide bonds. The van der Waals surface area contributed by atoms with E-state index in [4.69, 9.17) is 4.74 Å². The predicted octanol–water partition coefficient (Wildman–Crippen LogP) is 1.90. The molecule has 7 nitrogen and oxygen atoms in total. The topological polar surface area (TPSA) is 87.7 Å². The lowest BCUT2D eigenvalue weighted by molar-refractivity contribution is -0.121. The normalized spacial score (nSPS) is 17.3. The summed E-state index contributed by atoms with van der Waals surface area (Å²) in [6.45, 7) is 2.46. The van der Waals surface area contributed by atoms with E-state index in [0.29, 0.717) is 49.6 Å². The lowest BCUT2D eigenvalue weighted by atomic mass is 10.1. The SMILES string of the molecule is CS(=O)(=O)Nc1cccc(CC(=O)NC[C@H]2CN(Cc3ccc(F)c(F)c3)CCO2)c1. The minimum absolute atomic E-state index is 0.102. The van der Waals surface area contributed by atoms with Crippen LogP contribution in [-0.4, -0.2) is 57.8 Å². The van der Waals surface area contributed by atoms with Crippen LogP contribution in [0, 0.1) is 11.6 Å². The largest absolute Gasteiger partial charge is 0.374 e. The molecule has 168 valence electrons. The summed E-state index contributed by atoms with van der Waals surface area (Å²) in [5.41, 5.74) is 1.75. The molecule has 0 bridgehead atoms. The fourth-order valence-corrected chi connectivity index (χ4v) is 3.93. The Morgan fingerprint density at radius 3 is 2.71 bits per heavy atom. The molecular formula is C21H25F2N3O4S. The molecule has 0 aromatic heterocycles. The monoisotopic (exact) mass is 453 g/mol. The highest BCUT2D eigenvalue weighted by Crippen LogP contribution is 2.14. The number of anilines is 1. The van der Waals surface area contributed by atoms with Crippen molar-refractivity contribution in [1.29, 1.82) is 0 Å². The summed E-state index contributed by atoms with van der Waals surface area (Å²) in [7, 11) is -3.39. The second-order valence-corrected chi connectivity index (χ2v) is 9.28. The van der Waals surface area contributed by atoms with Crippen molar-refractivity contribution in [3.8, 4) is 0 Å². The van der Waals surface area contributed by atoms with Crippen molar-refractivity contribution in [1.82, 2.24) is 10.2 Å². The minimum atomic E-state index is -3.39. The van der Waals surface area contributed by atoms with Crippen molar-refractivity contribution in [2.45, 2.75) is 19.1 Å². The number of nitrogens with zero attached hydrogens (tertiary/aromatic N) is 1. The van der Waals surface area contributed by atoms with Gasteiger partial charge in [0.1, 0.15) is 0 Å². The van der Waals surface area contributed by atoms with E-state index in [1.807, 2.05) is 0 Å². The van der Waals surface area contributed by atoms with Crippen LogP contribution in [0.15, 0.2) is 42.5 Å². The van der Waals surface area contributed by atoms with Crippen LogP contribution >= 0.6 is 0 Å². The standard InChI is InChI=1S/C21H25F2N3O4S/c1-31(28,29)25-17-4-2-3-15(9-17)11-21(27)24-12-18-14-26(7-8-30-18)13-16-5-6-19(22)20(23)10-16/h2-6,9-10,18,25H,7-8,11-14H2,1H3,(H,24,27)/t18-/m0/s1. The number of morpholine rings is 1. The number of hydrogen-bond donors (Lipinski definition) is 2. The smallest absolute Gasteiger partial charge is 0.229 e. The molecule has 0 unspecified atom stereocenters. The first kappa shape index (κ1) is 23.1. The molecule has 2 aromatic carbocycles. The number of ether oxygens (including phenoxy) is 1. The third-order valence-electron chi connectivity index (χ3n) is 4.73. The molecule has 3 rings (SSSR count). The number of halogens is 2. The summed E-state index contributed by atoms with van der Waals surface area (Å²) in [5, 5.41) is 2.83. The van der Waals surface area contributed by atoms with Crippen molar-refractivity contribution in [3.05, 3.63) is 65.2 Å². The molecule has 0 radical (unpaired) electrons. The molecule has 1 fully saturated rings. The van der Waals surface area contributed by atoms with E-state index in [1.165, 1.54) is 6.07 Å². The molecule has 0 spiro atoms. The number of carbonyl (C=O) groups is 1.